The van der Waals surface area contributed by atoms with Crippen LogP contribution in [0.2, 0.25) is 0 Å². The fourth-order valence-electron chi connectivity index (χ4n) is 2.99. The minimum atomic E-state index is -0.462. The van der Waals surface area contributed by atoms with E-state index in [0.29, 0.717) is 23.4 Å². The number of esters is 1. The van der Waals surface area contributed by atoms with Gasteiger partial charge in [-0.05, 0) is 67.0 Å². The minimum absolute atomic E-state index is 0.160. The molecule has 0 spiro atoms. The number of nitrogens with one attached hydrogen (secondary N) is 2. The summed E-state index contributed by atoms with van der Waals surface area (Å²) >= 11 is 5.24. The number of carbonyl (C=O) groups excluding carboxylic acids is 2. The lowest BCUT2D eigenvalue weighted by Crippen LogP contribution is -2.34. The normalized spacial score (nSPS) is 10.2. The van der Waals surface area contributed by atoms with E-state index in [2.05, 4.69) is 27.5 Å². The number of rotatable bonds is 8. The lowest BCUT2D eigenvalue weighted by molar-refractivity contribution is 0.0600. The molecule has 6 nitrogen and oxygen atoms in total. The van der Waals surface area contributed by atoms with Crippen LogP contribution in [0.4, 0.5) is 5.69 Å². The van der Waals surface area contributed by atoms with Crippen LogP contribution in [-0.4, -0.2) is 30.7 Å². The summed E-state index contributed by atoms with van der Waals surface area (Å²) in [5.41, 5.74) is 2.73. The quantitative estimate of drug-likeness (QED) is 0.298. The standard InChI is InChI=1S/C25H24N2O4S/c1-30-24(29)20-14-12-19(13-15-20)23(28)27-25(32)26-21-10-5-11-22(17-21)31-16-6-9-18-7-3-2-4-8-18/h2-5,7-8,10-15,17H,6,9,16H2,1H3,(H2,26,27,28,32). The number of amides is 1. The van der Waals surface area contributed by atoms with E-state index in [9.17, 15) is 9.59 Å². The van der Waals surface area contributed by atoms with Crippen LogP contribution in [0.5, 0.6) is 5.75 Å². The van der Waals surface area contributed by atoms with E-state index in [-0.39, 0.29) is 11.0 Å². The number of thiocarbonyl (C=S) groups is 1. The van der Waals surface area contributed by atoms with Gasteiger partial charge >= 0.3 is 5.97 Å². The Balaban J connectivity index is 1.47. The summed E-state index contributed by atoms with van der Waals surface area (Å²) in [7, 11) is 1.30. The van der Waals surface area contributed by atoms with Crippen LogP contribution in [0, 0.1) is 0 Å². The highest BCUT2D eigenvalue weighted by Gasteiger charge is 2.10. The highest BCUT2D eigenvalue weighted by molar-refractivity contribution is 7.80. The SMILES string of the molecule is COC(=O)c1ccc(C(=O)NC(=S)Nc2cccc(OCCCc3ccccc3)c2)cc1. The lowest BCUT2D eigenvalue weighted by atomic mass is 10.1. The number of hydrogen-bond acceptors (Lipinski definition) is 5. The molecule has 2 N–H and O–H groups in total. The zero-order valence-electron chi connectivity index (χ0n) is 17.7. The summed E-state index contributed by atoms with van der Waals surface area (Å²) in [5, 5.41) is 5.77. The first-order valence-electron chi connectivity index (χ1n) is 10.1. The Morgan fingerprint density at radius 3 is 2.34 bits per heavy atom. The number of benzene rings is 3. The van der Waals surface area contributed by atoms with Gasteiger partial charge in [-0.1, -0.05) is 36.4 Å². The Labute approximate surface area is 192 Å². The zero-order valence-corrected chi connectivity index (χ0v) is 18.5. The van der Waals surface area contributed by atoms with Gasteiger partial charge in [0.25, 0.3) is 5.91 Å². The molecule has 0 saturated heterocycles. The second kappa shape index (κ2) is 11.6. The molecule has 0 unspecified atom stereocenters. The Morgan fingerprint density at radius 1 is 0.906 bits per heavy atom. The number of carbonyl (C=O) groups is 2. The van der Waals surface area contributed by atoms with E-state index in [1.165, 1.54) is 36.9 Å². The van der Waals surface area contributed by atoms with Crippen molar-refractivity contribution in [3.63, 3.8) is 0 Å². The van der Waals surface area contributed by atoms with Gasteiger partial charge in [-0.3, -0.25) is 10.1 Å². The second-order valence-corrected chi connectivity index (χ2v) is 7.35. The summed E-state index contributed by atoms with van der Waals surface area (Å²) < 4.78 is 10.5. The van der Waals surface area contributed by atoms with E-state index >= 15 is 0 Å². The molecule has 0 radical (unpaired) electrons. The van der Waals surface area contributed by atoms with Crippen molar-refractivity contribution in [1.29, 1.82) is 0 Å². The Kier molecular flexibility index (Phi) is 8.34. The van der Waals surface area contributed by atoms with Gasteiger partial charge in [0.1, 0.15) is 5.75 Å². The maximum atomic E-state index is 12.4. The van der Waals surface area contributed by atoms with E-state index in [1.807, 2.05) is 42.5 Å². The molecule has 164 valence electrons. The van der Waals surface area contributed by atoms with Crippen molar-refractivity contribution < 1.29 is 19.1 Å². The Morgan fingerprint density at radius 2 is 1.62 bits per heavy atom. The molecule has 3 rings (SSSR count). The maximum Gasteiger partial charge on any atom is 0.337 e. The number of methoxy groups -OCH3 is 1. The average molecular weight is 449 g/mol. The van der Waals surface area contributed by atoms with Crippen LogP contribution in [-0.2, 0) is 11.2 Å². The highest BCUT2D eigenvalue weighted by Crippen LogP contribution is 2.18. The van der Waals surface area contributed by atoms with Gasteiger partial charge in [0.05, 0.1) is 19.3 Å². The van der Waals surface area contributed by atoms with Gasteiger partial charge in [0.15, 0.2) is 5.11 Å². The van der Waals surface area contributed by atoms with Crippen LogP contribution in [0.1, 0.15) is 32.7 Å². The van der Waals surface area contributed by atoms with Gasteiger partial charge in [0.2, 0.25) is 0 Å². The average Bonchev–Trinajstić information content (AvgIpc) is 2.82. The Hall–Kier alpha value is -3.71. The van der Waals surface area contributed by atoms with E-state index < -0.39 is 5.97 Å². The summed E-state index contributed by atoms with van der Waals surface area (Å²) in [6.45, 7) is 0.598. The van der Waals surface area contributed by atoms with Gasteiger partial charge in [-0.2, -0.15) is 0 Å². The van der Waals surface area contributed by atoms with E-state index in [4.69, 9.17) is 17.0 Å². The molecule has 0 bridgehead atoms. The van der Waals surface area contributed by atoms with Crippen molar-refractivity contribution in [2.75, 3.05) is 19.0 Å². The smallest absolute Gasteiger partial charge is 0.337 e. The third-order valence-corrected chi connectivity index (χ3v) is 4.81. The van der Waals surface area contributed by atoms with Crippen LogP contribution < -0.4 is 15.4 Å². The molecule has 0 atom stereocenters. The fraction of sp³-hybridized carbons (Fsp3) is 0.160. The predicted molar refractivity (Wildman–Crippen MR) is 128 cm³/mol. The van der Waals surface area contributed by atoms with Crippen molar-refractivity contribution in [1.82, 2.24) is 5.32 Å². The molecule has 0 aromatic heterocycles. The minimum Gasteiger partial charge on any atom is -0.494 e. The molecular formula is C25H24N2O4S. The van der Waals surface area contributed by atoms with Crippen molar-refractivity contribution in [2.24, 2.45) is 0 Å². The molecule has 7 heteroatoms. The summed E-state index contributed by atoms with van der Waals surface area (Å²) in [6, 6.07) is 23.8. The van der Waals surface area contributed by atoms with Crippen molar-refractivity contribution >= 4 is 34.9 Å². The molecule has 0 aliphatic carbocycles. The first-order valence-corrected chi connectivity index (χ1v) is 10.5. The molecule has 1 amide bonds. The molecule has 3 aromatic carbocycles. The number of aryl methyl sites for hydroxylation is 1. The molecule has 0 aliphatic heterocycles. The Bertz CT molecular complexity index is 1070. The van der Waals surface area contributed by atoms with Crippen molar-refractivity contribution in [2.45, 2.75) is 12.8 Å². The molecule has 0 heterocycles. The molecule has 0 saturated carbocycles. The van der Waals surface area contributed by atoms with E-state index in [1.54, 1.807) is 0 Å². The molecule has 32 heavy (non-hydrogen) atoms. The summed E-state index contributed by atoms with van der Waals surface area (Å²) in [6.07, 6.45) is 1.86. The van der Waals surface area contributed by atoms with Crippen molar-refractivity contribution in [3.05, 3.63) is 95.6 Å². The van der Waals surface area contributed by atoms with Crippen LogP contribution in [0.15, 0.2) is 78.9 Å². The molecular weight excluding hydrogens is 424 g/mol. The summed E-state index contributed by atoms with van der Waals surface area (Å²) in [5.74, 6) is -0.126. The largest absolute Gasteiger partial charge is 0.494 e. The molecule has 3 aromatic rings. The van der Waals surface area contributed by atoms with Gasteiger partial charge in [-0.25, -0.2) is 4.79 Å². The van der Waals surface area contributed by atoms with Crippen LogP contribution in [0.3, 0.4) is 0 Å². The predicted octanol–water partition coefficient (Wildman–Crippen LogP) is 4.61. The maximum absolute atomic E-state index is 12.4. The third-order valence-electron chi connectivity index (χ3n) is 4.61. The number of ether oxygens (including phenoxy) is 2. The number of anilines is 1. The van der Waals surface area contributed by atoms with E-state index in [0.717, 1.165) is 18.6 Å². The van der Waals surface area contributed by atoms with Crippen molar-refractivity contribution in [3.8, 4) is 5.75 Å². The first-order chi connectivity index (χ1) is 15.5. The first kappa shape index (κ1) is 23.0. The topological polar surface area (TPSA) is 76.7 Å². The lowest BCUT2D eigenvalue weighted by Gasteiger charge is -2.12. The van der Waals surface area contributed by atoms with Gasteiger partial charge in [-0.15, -0.1) is 0 Å². The van der Waals surface area contributed by atoms with Gasteiger partial charge in [0, 0.05) is 17.3 Å². The third kappa shape index (κ3) is 6.92. The molecule has 0 aliphatic rings. The summed E-state index contributed by atoms with van der Waals surface area (Å²) in [4.78, 5) is 23.9. The number of hydrogen-bond donors (Lipinski definition) is 2. The zero-order chi connectivity index (χ0) is 22.8. The second-order valence-electron chi connectivity index (χ2n) is 6.94. The van der Waals surface area contributed by atoms with Crippen LogP contribution in [0.25, 0.3) is 0 Å². The monoisotopic (exact) mass is 448 g/mol. The fourth-order valence-corrected chi connectivity index (χ4v) is 3.20. The highest BCUT2D eigenvalue weighted by atomic mass is 32.1. The van der Waals surface area contributed by atoms with Gasteiger partial charge < -0.3 is 14.8 Å². The van der Waals surface area contributed by atoms with Crippen LogP contribution >= 0.6 is 12.2 Å². The molecule has 0 fully saturated rings.